The lowest BCUT2D eigenvalue weighted by Gasteiger charge is -2.11. The van der Waals surface area contributed by atoms with Gasteiger partial charge in [0.1, 0.15) is 0 Å². The van der Waals surface area contributed by atoms with Crippen molar-refractivity contribution in [2.24, 2.45) is 0 Å². The fourth-order valence-corrected chi connectivity index (χ4v) is 1.99. The molecule has 2 rings (SSSR count). The normalized spacial score (nSPS) is 12.7. The average molecular weight is 270 g/mol. The molecule has 0 aliphatic rings. The minimum atomic E-state index is 0.382. The molecule has 2 heterocycles. The summed E-state index contributed by atoms with van der Waals surface area (Å²) in [5, 5.41) is 0. The number of nitrogens with zero attached hydrogens (tertiary/aromatic N) is 4. The maximum atomic E-state index is 4.65. The van der Waals surface area contributed by atoms with Gasteiger partial charge in [-0.2, -0.15) is 0 Å². The Kier molecular flexibility index (Phi) is 4.77. The van der Waals surface area contributed by atoms with Crippen LogP contribution < -0.4 is 0 Å². The molecule has 0 N–H and O–H groups in total. The Morgan fingerprint density at radius 3 is 2.40 bits per heavy atom. The van der Waals surface area contributed by atoms with Crippen LogP contribution in [-0.4, -0.2) is 19.9 Å². The van der Waals surface area contributed by atoms with E-state index in [4.69, 9.17) is 0 Å². The highest BCUT2D eigenvalue weighted by Crippen LogP contribution is 2.18. The van der Waals surface area contributed by atoms with Crippen LogP contribution in [0.3, 0.4) is 0 Å². The molecule has 2 aromatic rings. The van der Waals surface area contributed by atoms with Crippen LogP contribution in [0.25, 0.3) is 0 Å². The summed E-state index contributed by atoms with van der Waals surface area (Å²) in [5.41, 5.74) is 4.12. The minimum Gasteiger partial charge on any atom is -0.261 e. The first-order valence-corrected chi connectivity index (χ1v) is 7.15. The van der Waals surface area contributed by atoms with E-state index in [0.717, 1.165) is 35.6 Å². The van der Waals surface area contributed by atoms with Crippen molar-refractivity contribution in [2.45, 2.75) is 52.4 Å². The lowest BCUT2D eigenvalue weighted by Crippen LogP contribution is -2.03. The van der Waals surface area contributed by atoms with Gasteiger partial charge in [0.2, 0.25) is 0 Å². The Morgan fingerprint density at radius 2 is 1.75 bits per heavy atom. The Balaban J connectivity index is 1.97. The van der Waals surface area contributed by atoms with Gasteiger partial charge in [0.15, 0.2) is 0 Å². The van der Waals surface area contributed by atoms with E-state index in [1.807, 2.05) is 31.7 Å². The van der Waals surface area contributed by atoms with Crippen molar-refractivity contribution in [2.75, 3.05) is 0 Å². The Labute approximate surface area is 120 Å². The Bertz CT molecular complexity index is 549. The summed E-state index contributed by atoms with van der Waals surface area (Å²) in [6.07, 6.45) is 9.34. The van der Waals surface area contributed by atoms with Crippen molar-refractivity contribution in [1.29, 1.82) is 0 Å². The Hall–Kier alpha value is -1.84. The molecule has 0 aliphatic carbocycles. The van der Waals surface area contributed by atoms with E-state index in [1.165, 1.54) is 0 Å². The van der Waals surface area contributed by atoms with Gasteiger partial charge in [-0.1, -0.05) is 20.8 Å². The van der Waals surface area contributed by atoms with Crippen molar-refractivity contribution in [1.82, 2.24) is 19.9 Å². The third kappa shape index (κ3) is 3.83. The molecule has 20 heavy (non-hydrogen) atoms. The SMILES string of the molecule is Cc1cnc(C(C)CCc2cncc(C(C)C)n2)cn1. The standard InChI is InChI=1S/C16H22N4/c1-11(2)15-9-17-8-14(20-15)6-5-12(3)16-10-18-13(4)7-19-16/h7-12H,5-6H2,1-4H3. The van der Waals surface area contributed by atoms with E-state index in [9.17, 15) is 0 Å². The van der Waals surface area contributed by atoms with Crippen LogP contribution in [0.5, 0.6) is 0 Å². The first-order valence-electron chi connectivity index (χ1n) is 7.15. The van der Waals surface area contributed by atoms with E-state index in [-0.39, 0.29) is 0 Å². The summed E-state index contributed by atoms with van der Waals surface area (Å²) in [5.74, 6) is 0.801. The maximum absolute atomic E-state index is 4.65. The number of hydrogen-bond donors (Lipinski definition) is 0. The van der Waals surface area contributed by atoms with Crippen molar-refractivity contribution in [3.05, 3.63) is 47.6 Å². The zero-order chi connectivity index (χ0) is 14.5. The van der Waals surface area contributed by atoms with Gasteiger partial charge in [-0.15, -0.1) is 0 Å². The van der Waals surface area contributed by atoms with Crippen LogP contribution in [0.2, 0.25) is 0 Å². The number of aryl methyl sites for hydroxylation is 2. The predicted molar refractivity (Wildman–Crippen MR) is 79.6 cm³/mol. The largest absolute Gasteiger partial charge is 0.261 e. The molecule has 0 bridgehead atoms. The van der Waals surface area contributed by atoms with E-state index in [1.54, 1.807) is 0 Å². The van der Waals surface area contributed by atoms with Gasteiger partial charge >= 0.3 is 0 Å². The summed E-state index contributed by atoms with van der Waals surface area (Å²) >= 11 is 0. The molecule has 0 spiro atoms. The number of aromatic nitrogens is 4. The van der Waals surface area contributed by atoms with Gasteiger partial charge in [0, 0.05) is 30.7 Å². The second-order valence-electron chi connectivity index (χ2n) is 5.61. The van der Waals surface area contributed by atoms with Crippen LogP contribution in [0, 0.1) is 6.92 Å². The molecule has 0 radical (unpaired) electrons. The quantitative estimate of drug-likeness (QED) is 0.835. The minimum absolute atomic E-state index is 0.382. The Morgan fingerprint density at radius 1 is 0.950 bits per heavy atom. The van der Waals surface area contributed by atoms with Crippen molar-refractivity contribution in [3.63, 3.8) is 0 Å². The van der Waals surface area contributed by atoms with E-state index < -0.39 is 0 Å². The van der Waals surface area contributed by atoms with Crippen LogP contribution in [0.1, 0.15) is 61.8 Å². The first-order chi connectivity index (χ1) is 9.56. The van der Waals surface area contributed by atoms with Gasteiger partial charge < -0.3 is 0 Å². The summed E-state index contributed by atoms with van der Waals surface area (Å²) < 4.78 is 0. The second kappa shape index (κ2) is 6.55. The van der Waals surface area contributed by atoms with Gasteiger partial charge in [0.25, 0.3) is 0 Å². The lowest BCUT2D eigenvalue weighted by atomic mass is 10.0. The highest BCUT2D eigenvalue weighted by Gasteiger charge is 2.09. The van der Waals surface area contributed by atoms with Crippen LogP contribution in [0.15, 0.2) is 24.8 Å². The predicted octanol–water partition coefficient (Wildman–Crippen LogP) is 3.43. The molecular weight excluding hydrogens is 248 g/mol. The molecule has 0 aromatic carbocycles. The van der Waals surface area contributed by atoms with Gasteiger partial charge in [0.05, 0.1) is 22.8 Å². The highest BCUT2D eigenvalue weighted by molar-refractivity contribution is 5.09. The van der Waals surface area contributed by atoms with E-state index >= 15 is 0 Å². The molecule has 2 aromatic heterocycles. The maximum Gasteiger partial charge on any atom is 0.0615 e. The fourth-order valence-electron chi connectivity index (χ4n) is 1.99. The fraction of sp³-hybridized carbons (Fsp3) is 0.500. The molecule has 1 unspecified atom stereocenters. The molecule has 0 fully saturated rings. The van der Waals surface area contributed by atoms with Gasteiger partial charge in [-0.25, -0.2) is 0 Å². The summed E-state index contributed by atoms with van der Waals surface area (Å²) in [7, 11) is 0. The van der Waals surface area contributed by atoms with Gasteiger partial charge in [-0.3, -0.25) is 19.9 Å². The average Bonchev–Trinajstić information content (AvgIpc) is 2.46. The molecule has 0 amide bonds. The molecule has 1 atom stereocenters. The molecule has 4 nitrogen and oxygen atoms in total. The highest BCUT2D eigenvalue weighted by atomic mass is 14.8. The van der Waals surface area contributed by atoms with Gasteiger partial charge in [-0.05, 0) is 25.7 Å². The second-order valence-corrected chi connectivity index (χ2v) is 5.61. The molecule has 0 aliphatic heterocycles. The summed E-state index contributed by atoms with van der Waals surface area (Å²) in [6, 6.07) is 0. The third-order valence-electron chi connectivity index (χ3n) is 3.43. The molecule has 4 heteroatoms. The smallest absolute Gasteiger partial charge is 0.0615 e. The van der Waals surface area contributed by atoms with Crippen LogP contribution >= 0.6 is 0 Å². The van der Waals surface area contributed by atoms with Crippen molar-refractivity contribution >= 4 is 0 Å². The van der Waals surface area contributed by atoms with Crippen LogP contribution in [-0.2, 0) is 6.42 Å². The topological polar surface area (TPSA) is 51.6 Å². The molecule has 106 valence electrons. The zero-order valence-corrected chi connectivity index (χ0v) is 12.7. The third-order valence-corrected chi connectivity index (χ3v) is 3.43. The zero-order valence-electron chi connectivity index (χ0n) is 12.7. The lowest BCUT2D eigenvalue weighted by molar-refractivity contribution is 0.642. The molecular formula is C16H22N4. The number of rotatable bonds is 5. The summed E-state index contributed by atoms with van der Waals surface area (Å²) in [4.78, 5) is 17.7. The van der Waals surface area contributed by atoms with Crippen molar-refractivity contribution in [3.8, 4) is 0 Å². The number of hydrogen-bond acceptors (Lipinski definition) is 4. The van der Waals surface area contributed by atoms with E-state index in [0.29, 0.717) is 11.8 Å². The first kappa shape index (κ1) is 14.6. The summed E-state index contributed by atoms with van der Waals surface area (Å²) in [6.45, 7) is 8.41. The van der Waals surface area contributed by atoms with Crippen LogP contribution in [0.4, 0.5) is 0 Å². The molecule has 0 saturated carbocycles. The monoisotopic (exact) mass is 270 g/mol. The molecule has 0 saturated heterocycles. The van der Waals surface area contributed by atoms with E-state index in [2.05, 4.69) is 40.7 Å². The van der Waals surface area contributed by atoms with Crippen molar-refractivity contribution < 1.29 is 0 Å².